The minimum Gasteiger partial charge on any atom is -0.465 e. The summed E-state index contributed by atoms with van der Waals surface area (Å²) in [5.41, 5.74) is 1.08. The molecule has 2 rings (SSSR count). The van der Waals surface area contributed by atoms with Crippen LogP contribution >= 0.6 is 0 Å². The average Bonchev–Trinajstić information content (AvgIpc) is 2.96. The minimum absolute atomic E-state index is 0.109. The fourth-order valence-corrected chi connectivity index (χ4v) is 2.02. The molecule has 0 spiro atoms. The topological polar surface area (TPSA) is 47.6 Å². The van der Waals surface area contributed by atoms with Gasteiger partial charge in [-0.2, -0.15) is 0 Å². The Morgan fingerprint density at radius 3 is 2.95 bits per heavy atom. The SMILES string of the molecule is O=C(CCCNc1ccccc1)OCC1CCOC1. The van der Waals surface area contributed by atoms with Gasteiger partial charge in [-0.25, -0.2) is 0 Å². The summed E-state index contributed by atoms with van der Waals surface area (Å²) in [4.78, 5) is 11.5. The summed E-state index contributed by atoms with van der Waals surface area (Å²) in [6.07, 6.45) is 2.26. The summed E-state index contributed by atoms with van der Waals surface area (Å²) in [6, 6.07) is 9.98. The number of benzene rings is 1. The zero-order chi connectivity index (χ0) is 13.3. The van der Waals surface area contributed by atoms with Gasteiger partial charge in [0.15, 0.2) is 0 Å². The molecule has 0 radical (unpaired) electrons. The van der Waals surface area contributed by atoms with Crippen LogP contribution in [0.5, 0.6) is 0 Å². The van der Waals surface area contributed by atoms with Gasteiger partial charge >= 0.3 is 5.97 Å². The molecule has 0 aliphatic carbocycles. The highest BCUT2D eigenvalue weighted by Gasteiger charge is 2.17. The Hall–Kier alpha value is -1.55. The molecule has 1 atom stereocenters. The van der Waals surface area contributed by atoms with Crippen molar-refractivity contribution in [3.05, 3.63) is 30.3 Å². The lowest BCUT2D eigenvalue weighted by Crippen LogP contribution is -2.15. The van der Waals surface area contributed by atoms with Crippen LogP contribution in [0.25, 0.3) is 0 Å². The van der Waals surface area contributed by atoms with Crippen LogP contribution < -0.4 is 5.32 Å². The van der Waals surface area contributed by atoms with Crippen LogP contribution in [0.3, 0.4) is 0 Å². The molecule has 1 unspecified atom stereocenters. The zero-order valence-electron chi connectivity index (χ0n) is 11.1. The van der Waals surface area contributed by atoms with Gasteiger partial charge in [-0.3, -0.25) is 4.79 Å². The number of carbonyl (C=O) groups excluding carboxylic acids is 1. The van der Waals surface area contributed by atoms with Crippen molar-refractivity contribution < 1.29 is 14.3 Å². The number of para-hydroxylation sites is 1. The Morgan fingerprint density at radius 1 is 1.37 bits per heavy atom. The van der Waals surface area contributed by atoms with E-state index in [2.05, 4.69) is 5.32 Å². The molecule has 0 saturated carbocycles. The third-order valence-corrected chi connectivity index (χ3v) is 3.16. The molecular weight excluding hydrogens is 242 g/mol. The molecular formula is C15H21NO3. The van der Waals surface area contributed by atoms with Gasteiger partial charge in [0.2, 0.25) is 0 Å². The third-order valence-electron chi connectivity index (χ3n) is 3.16. The van der Waals surface area contributed by atoms with Crippen molar-refractivity contribution in [2.75, 3.05) is 31.7 Å². The minimum atomic E-state index is -0.109. The highest BCUT2D eigenvalue weighted by atomic mass is 16.5. The van der Waals surface area contributed by atoms with Crippen LogP contribution in [0.4, 0.5) is 5.69 Å². The number of anilines is 1. The summed E-state index contributed by atoms with van der Waals surface area (Å²) in [6.45, 7) is 2.81. The number of hydrogen-bond acceptors (Lipinski definition) is 4. The lowest BCUT2D eigenvalue weighted by Gasteiger charge is -2.09. The first-order valence-electron chi connectivity index (χ1n) is 6.87. The van der Waals surface area contributed by atoms with E-state index in [-0.39, 0.29) is 5.97 Å². The van der Waals surface area contributed by atoms with Crippen molar-refractivity contribution in [1.29, 1.82) is 0 Å². The molecule has 1 N–H and O–H groups in total. The van der Waals surface area contributed by atoms with E-state index in [1.165, 1.54) is 0 Å². The molecule has 0 bridgehead atoms. The smallest absolute Gasteiger partial charge is 0.305 e. The molecule has 104 valence electrons. The van der Waals surface area contributed by atoms with Crippen LogP contribution in [-0.4, -0.2) is 32.3 Å². The van der Waals surface area contributed by atoms with E-state index in [9.17, 15) is 4.79 Å². The second-order valence-corrected chi connectivity index (χ2v) is 4.81. The summed E-state index contributed by atoms with van der Waals surface area (Å²) in [5.74, 6) is 0.285. The van der Waals surface area contributed by atoms with Crippen LogP contribution in [0.2, 0.25) is 0 Å². The molecule has 1 aliphatic rings. The summed E-state index contributed by atoms with van der Waals surface area (Å²) < 4.78 is 10.5. The van der Waals surface area contributed by atoms with Crippen LogP contribution in [0.1, 0.15) is 19.3 Å². The van der Waals surface area contributed by atoms with Gasteiger partial charge in [-0.05, 0) is 25.0 Å². The molecule has 1 aliphatic heterocycles. The van der Waals surface area contributed by atoms with E-state index < -0.39 is 0 Å². The van der Waals surface area contributed by atoms with E-state index in [1.807, 2.05) is 30.3 Å². The highest BCUT2D eigenvalue weighted by Crippen LogP contribution is 2.12. The van der Waals surface area contributed by atoms with Crippen LogP contribution in [0, 0.1) is 5.92 Å². The molecule has 19 heavy (non-hydrogen) atoms. The van der Waals surface area contributed by atoms with Gasteiger partial charge in [0.25, 0.3) is 0 Å². The Bertz CT molecular complexity index is 374. The number of hydrogen-bond donors (Lipinski definition) is 1. The van der Waals surface area contributed by atoms with E-state index in [4.69, 9.17) is 9.47 Å². The first-order chi connectivity index (χ1) is 9.34. The molecule has 1 saturated heterocycles. The average molecular weight is 263 g/mol. The number of nitrogens with one attached hydrogen (secondary N) is 1. The van der Waals surface area contributed by atoms with Crippen molar-refractivity contribution >= 4 is 11.7 Å². The second-order valence-electron chi connectivity index (χ2n) is 4.81. The van der Waals surface area contributed by atoms with E-state index >= 15 is 0 Å². The van der Waals surface area contributed by atoms with Crippen molar-refractivity contribution in [2.24, 2.45) is 5.92 Å². The summed E-state index contributed by atoms with van der Waals surface area (Å²) in [5, 5.41) is 3.27. The lowest BCUT2D eigenvalue weighted by atomic mass is 10.1. The monoisotopic (exact) mass is 263 g/mol. The van der Waals surface area contributed by atoms with Gasteiger partial charge in [-0.1, -0.05) is 18.2 Å². The van der Waals surface area contributed by atoms with Crippen LogP contribution in [0.15, 0.2) is 30.3 Å². The summed E-state index contributed by atoms with van der Waals surface area (Å²) in [7, 11) is 0. The number of esters is 1. The standard InChI is InChI=1S/C15H21NO3/c17-15(19-12-13-8-10-18-11-13)7-4-9-16-14-5-2-1-3-6-14/h1-3,5-6,13,16H,4,7-12H2. The van der Waals surface area contributed by atoms with Gasteiger partial charge in [0.1, 0.15) is 0 Å². The highest BCUT2D eigenvalue weighted by molar-refractivity contribution is 5.69. The number of carbonyl (C=O) groups is 1. The Kier molecular flexibility index (Phi) is 5.69. The quantitative estimate of drug-likeness (QED) is 0.606. The normalized spacial score (nSPS) is 18.2. The number of ether oxygens (including phenoxy) is 2. The zero-order valence-corrected chi connectivity index (χ0v) is 11.1. The summed E-state index contributed by atoms with van der Waals surface area (Å²) >= 11 is 0. The maximum Gasteiger partial charge on any atom is 0.305 e. The molecule has 0 amide bonds. The largest absolute Gasteiger partial charge is 0.465 e. The Balaban J connectivity index is 1.51. The fraction of sp³-hybridized carbons (Fsp3) is 0.533. The molecule has 1 aromatic rings. The van der Waals surface area contributed by atoms with Gasteiger partial charge in [-0.15, -0.1) is 0 Å². The molecule has 1 heterocycles. The first kappa shape index (κ1) is 13.9. The van der Waals surface area contributed by atoms with Crippen molar-refractivity contribution in [1.82, 2.24) is 0 Å². The fourth-order valence-electron chi connectivity index (χ4n) is 2.02. The lowest BCUT2D eigenvalue weighted by molar-refractivity contribution is -0.145. The number of rotatable bonds is 7. The van der Waals surface area contributed by atoms with Crippen molar-refractivity contribution in [3.8, 4) is 0 Å². The van der Waals surface area contributed by atoms with E-state index in [0.29, 0.717) is 18.9 Å². The molecule has 0 aromatic heterocycles. The van der Waals surface area contributed by atoms with Gasteiger partial charge in [0, 0.05) is 31.2 Å². The van der Waals surface area contributed by atoms with Gasteiger partial charge in [0.05, 0.1) is 13.2 Å². The predicted octanol–water partition coefficient (Wildman–Crippen LogP) is 2.46. The Morgan fingerprint density at radius 2 is 2.21 bits per heavy atom. The molecule has 4 nitrogen and oxygen atoms in total. The molecule has 1 aromatic carbocycles. The van der Waals surface area contributed by atoms with E-state index in [1.54, 1.807) is 0 Å². The second kappa shape index (κ2) is 7.79. The van der Waals surface area contributed by atoms with Crippen molar-refractivity contribution in [2.45, 2.75) is 19.3 Å². The van der Waals surface area contributed by atoms with Crippen molar-refractivity contribution in [3.63, 3.8) is 0 Å². The maximum absolute atomic E-state index is 11.5. The molecule has 1 fully saturated rings. The third kappa shape index (κ3) is 5.30. The van der Waals surface area contributed by atoms with Crippen LogP contribution in [-0.2, 0) is 14.3 Å². The van der Waals surface area contributed by atoms with E-state index in [0.717, 1.165) is 38.3 Å². The first-order valence-corrected chi connectivity index (χ1v) is 6.87. The maximum atomic E-state index is 11.5. The Labute approximate surface area is 114 Å². The van der Waals surface area contributed by atoms with Gasteiger partial charge < -0.3 is 14.8 Å². The molecule has 4 heteroatoms. The predicted molar refractivity (Wildman–Crippen MR) is 74.1 cm³/mol.